The molecule has 0 atom stereocenters. The molecule has 0 unspecified atom stereocenters. The third-order valence-corrected chi connectivity index (χ3v) is 2.59. The molecule has 0 radical (unpaired) electrons. The van der Waals surface area contributed by atoms with Crippen LogP contribution in [0.4, 0.5) is 0 Å². The molecule has 0 aliphatic heterocycles. The number of hydrogen-bond donors (Lipinski definition) is 1. The lowest BCUT2D eigenvalue weighted by Gasteiger charge is -2.08. The molecule has 98 valence electrons. The van der Waals surface area contributed by atoms with Crippen LogP contribution in [0.3, 0.4) is 0 Å². The van der Waals surface area contributed by atoms with Crippen LogP contribution >= 0.6 is 0 Å². The van der Waals surface area contributed by atoms with Crippen molar-refractivity contribution in [2.75, 3.05) is 7.05 Å². The lowest BCUT2D eigenvalue weighted by molar-refractivity contribution is -0.120. The highest BCUT2D eigenvalue weighted by atomic mass is 16.2. The monoisotopic (exact) mass is 253 g/mol. The fraction of sp³-hybridized carbons (Fsp3) is 0.455. The molecule has 7 heteroatoms. The SMILES string of the molecule is CNC(=O)CCn1cc(C(C)=O)c(=O)n(C)c1=O. The molecular formula is C11H15N3O4. The van der Waals surface area contributed by atoms with Gasteiger partial charge < -0.3 is 5.32 Å². The molecule has 0 spiro atoms. The minimum atomic E-state index is -0.622. The maximum Gasteiger partial charge on any atom is 0.330 e. The third kappa shape index (κ3) is 2.73. The van der Waals surface area contributed by atoms with Crippen LogP contribution < -0.4 is 16.6 Å². The summed E-state index contributed by atoms with van der Waals surface area (Å²) in [5.41, 5.74) is -1.23. The summed E-state index contributed by atoms with van der Waals surface area (Å²) in [5, 5.41) is 2.43. The topological polar surface area (TPSA) is 90.2 Å². The van der Waals surface area contributed by atoms with E-state index in [0.29, 0.717) is 0 Å². The van der Waals surface area contributed by atoms with Crippen LogP contribution in [0.25, 0.3) is 0 Å². The lowest BCUT2D eigenvalue weighted by Crippen LogP contribution is -2.40. The van der Waals surface area contributed by atoms with E-state index in [1.54, 1.807) is 0 Å². The number of amides is 1. The number of aryl methyl sites for hydroxylation is 1. The average molecular weight is 253 g/mol. The first kappa shape index (κ1) is 13.9. The van der Waals surface area contributed by atoms with Gasteiger partial charge in [0.1, 0.15) is 0 Å². The summed E-state index contributed by atoms with van der Waals surface area (Å²) in [6, 6.07) is 0. The van der Waals surface area contributed by atoms with Gasteiger partial charge in [0.15, 0.2) is 5.78 Å². The zero-order chi connectivity index (χ0) is 13.9. The second-order valence-corrected chi connectivity index (χ2v) is 3.86. The average Bonchev–Trinajstić information content (AvgIpc) is 2.34. The van der Waals surface area contributed by atoms with Crippen LogP contribution in [0.1, 0.15) is 23.7 Å². The van der Waals surface area contributed by atoms with Gasteiger partial charge in [-0.15, -0.1) is 0 Å². The van der Waals surface area contributed by atoms with Crippen LogP contribution in [-0.4, -0.2) is 27.9 Å². The van der Waals surface area contributed by atoms with Gasteiger partial charge >= 0.3 is 5.69 Å². The van der Waals surface area contributed by atoms with Gasteiger partial charge in [0.25, 0.3) is 5.56 Å². The molecule has 0 aliphatic rings. The molecule has 1 heterocycles. The summed E-state index contributed by atoms with van der Waals surface area (Å²) in [4.78, 5) is 45.7. The number of aromatic nitrogens is 2. The van der Waals surface area contributed by atoms with Gasteiger partial charge in [-0.3, -0.25) is 23.5 Å². The molecule has 1 rings (SSSR count). The van der Waals surface area contributed by atoms with Crippen LogP contribution in [0.2, 0.25) is 0 Å². The predicted octanol–water partition coefficient (Wildman–Crippen LogP) is -1.11. The molecule has 18 heavy (non-hydrogen) atoms. The van der Waals surface area contributed by atoms with E-state index < -0.39 is 17.0 Å². The number of nitrogens with one attached hydrogen (secondary N) is 1. The summed E-state index contributed by atoms with van der Waals surface area (Å²) in [6.07, 6.45) is 1.31. The summed E-state index contributed by atoms with van der Waals surface area (Å²) >= 11 is 0. The Kier molecular flexibility index (Phi) is 4.19. The van der Waals surface area contributed by atoms with E-state index in [4.69, 9.17) is 0 Å². The number of nitrogens with zero attached hydrogens (tertiary/aromatic N) is 2. The molecule has 0 saturated heterocycles. The highest BCUT2D eigenvalue weighted by Crippen LogP contribution is 1.93. The van der Waals surface area contributed by atoms with Gasteiger partial charge in [0.2, 0.25) is 5.91 Å². The zero-order valence-electron chi connectivity index (χ0n) is 10.5. The van der Waals surface area contributed by atoms with E-state index >= 15 is 0 Å². The van der Waals surface area contributed by atoms with E-state index in [2.05, 4.69) is 5.32 Å². The maximum atomic E-state index is 11.7. The number of ketones is 1. The standard InChI is InChI=1S/C11H15N3O4/c1-7(15)8-6-14(5-4-9(16)12-2)11(18)13(3)10(8)17/h6H,4-5H2,1-3H3,(H,12,16). The predicted molar refractivity (Wildman–Crippen MR) is 64.6 cm³/mol. The quantitative estimate of drug-likeness (QED) is 0.689. The first-order valence-corrected chi connectivity index (χ1v) is 5.40. The van der Waals surface area contributed by atoms with Gasteiger partial charge in [0.05, 0.1) is 5.56 Å². The van der Waals surface area contributed by atoms with Crippen molar-refractivity contribution in [3.05, 3.63) is 32.6 Å². The number of rotatable bonds is 4. The molecule has 1 N–H and O–H groups in total. The Morgan fingerprint density at radius 3 is 2.44 bits per heavy atom. The van der Waals surface area contributed by atoms with Crippen molar-refractivity contribution in [1.82, 2.24) is 14.5 Å². The molecule has 0 fully saturated rings. The molecule has 0 bridgehead atoms. The van der Waals surface area contributed by atoms with Crippen LogP contribution in [0.5, 0.6) is 0 Å². The third-order valence-electron chi connectivity index (χ3n) is 2.59. The summed E-state index contributed by atoms with van der Waals surface area (Å²) in [6.45, 7) is 1.37. The molecule has 1 amide bonds. The van der Waals surface area contributed by atoms with Crippen molar-refractivity contribution in [3.8, 4) is 0 Å². The van der Waals surface area contributed by atoms with Crippen LogP contribution in [0.15, 0.2) is 15.8 Å². The van der Waals surface area contributed by atoms with Crippen molar-refractivity contribution in [2.45, 2.75) is 19.9 Å². The van der Waals surface area contributed by atoms with Crippen molar-refractivity contribution in [2.24, 2.45) is 7.05 Å². The second-order valence-electron chi connectivity index (χ2n) is 3.86. The Labute approximate surface area is 103 Å². The zero-order valence-corrected chi connectivity index (χ0v) is 10.5. The van der Waals surface area contributed by atoms with E-state index in [1.807, 2.05) is 0 Å². The first-order valence-electron chi connectivity index (χ1n) is 5.40. The van der Waals surface area contributed by atoms with Crippen molar-refractivity contribution < 1.29 is 9.59 Å². The summed E-state index contributed by atoms with van der Waals surface area (Å²) < 4.78 is 2.05. The fourth-order valence-electron chi connectivity index (χ4n) is 1.48. The molecular weight excluding hydrogens is 238 g/mol. The van der Waals surface area contributed by atoms with Crippen molar-refractivity contribution in [1.29, 1.82) is 0 Å². The Balaban J connectivity index is 3.21. The number of Topliss-reactive ketones (excluding diaryl/α,β-unsaturated/α-hetero) is 1. The van der Waals surface area contributed by atoms with Gasteiger partial charge in [-0.05, 0) is 6.92 Å². The van der Waals surface area contributed by atoms with Crippen LogP contribution in [-0.2, 0) is 18.4 Å². The Morgan fingerprint density at radius 2 is 1.94 bits per heavy atom. The van der Waals surface area contributed by atoms with Gasteiger partial charge in [0, 0.05) is 33.3 Å². The van der Waals surface area contributed by atoms with E-state index in [1.165, 1.54) is 31.8 Å². The molecule has 0 saturated carbocycles. The van der Waals surface area contributed by atoms with Gasteiger partial charge in [-0.25, -0.2) is 4.79 Å². The van der Waals surface area contributed by atoms with Gasteiger partial charge in [-0.1, -0.05) is 0 Å². The molecule has 1 aromatic rings. The van der Waals surface area contributed by atoms with Crippen LogP contribution in [0, 0.1) is 0 Å². The summed E-state index contributed by atoms with van der Waals surface area (Å²) in [7, 11) is 2.79. The second kappa shape index (κ2) is 5.44. The molecule has 7 nitrogen and oxygen atoms in total. The maximum absolute atomic E-state index is 11.7. The van der Waals surface area contributed by atoms with Crippen molar-refractivity contribution in [3.63, 3.8) is 0 Å². The Hall–Kier alpha value is -2.18. The van der Waals surface area contributed by atoms with E-state index in [0.717, 1.165) is 4.57 Å². The molecule has 0 aliphatic carbocycles. The highest BCUT2D eigenvalue weighted by molar-refractivity contribution is 5.93. The number of carbonyl (C=O) groups excluding carboxylic acids is 2. The number of carbonyl (C=O) groups is 2. The van der Waals surface area contributed by atoms with E-state index in [9.17, 15) is 19.2 Å². The smallest absolute Gasteiger partial charge is 0.330 e. The first-order chi connectivity index (χ1) is 8.38. The normalized spacial score (nSPS) is 10.2. The lowest BCUT2D eigenvalue weighted by atomic mass is 10.2. The minimum Gasteiger partial charge on any atom is -0.359 e. The highest BCUT2D eigenvalue weighted by Gasteiger charge is 2.12. The summed E-state index contributed by atoms with van der Waals surface area (Å²) in [5.74, 6) is -0.635. The fourth-order valence-corrected chi connectivity index (χ4v) is 1.48. The minimum absolute atomic E-state index is 0.0611. The molecule has 1 aromatic heterocycles. The molecule has 0 aromatic carbocycles. The largest absolute Gasteiger partial charge is 0.359 e. The Bertz CT molecular complexity index is 597. The van der Waals surface area contributed by atoms with Gasteiger partial charge in [-0.2, -0.15) is 0 Å². The van der Waals surface area contributed by atoms with Crippen molar-refractivity contribution >= 4 is 11.7 Å². The van der Waals surface area contributed by atoms with E-state index in [-0.39, 0.29) is 24.4 Å². The Morgan fingerprint density at radius 1 is 1.33 bits per heavy atom. The number of hydrogen-bond acceptors (Lipinski definition) is 4.